The second kappa shape index (κ2) is 8.08. The van der Waals surface area contributed by atoms with Gasteiger partial charge in [-0.05, 0) is 46.6 Å². The first kappa shape index (κ1) is 19.3. The van der Waals surface area contributed by atoms with Crippen LogP contribution in [0.1, 0.15) is 5.56 Å². The van der Waals surface area contributed by atoms with Crippen molar-refractivity contribution in [2.75, 3.05) is 32.8 Å². The predicted octanol–water partition coefficient (Wildman–Crippen LogP) is 2.73. The highest BCUT2D eigenvalue weighted by Gasteiger charge is 2.31. The second-order valence-electron chi connectivity index (χ2n) is 5.90. The van der Waals surface area contributed by atoms with Gasteiger partial charge in [0.2, 0.25) is 0 Å². The van der Waals surface area contributed by atoms with E-state index in [0.29, 0.717) is 23.0 Å². The number of hydrogen-bond donors (Lipinski definition) is 0. The van der Waals surface area contributed by atoms with Gasteiger partial charge in [0.1, 0.15) is 9.96 Å². The van der Waals surface area contributed by atoms with Crippen LogP contribution in [-0.2, 0) is 14.8 Å². The summed E-state index contributed by atoms with van der Waals surface area (Å²) < 4.78 is 33.3. The minimum absolute atomic E-state index is 0.0462. The Hall–Kier alpha value is -1.42. The van der Waals surface area contributed by atoms with E-state index in [9.17, 15) is 13.2 Å². The topological polar surface area (TPSA) is 66.9 Å². The summed E-state index contributed by atoms with van der Waals surface area (Å²) in [4.78, 5) is 14.0. The molecule has 9 heteroatoms. The first-order valence-corrected chi connectivity index (χ1v) is 11.1. The number of aryl methyl sites for hydroxylation is 1. The van der Waals surface area contributed by atoms with Gasteiger partial charge in [0.25, 0.3) is 15.9 Å². The molecule has 0 aliphatic carbocycles. The lowest BCUT2D eigenvalue weighted by molar-refractivity contribution is -0.134. The van der Waals surface area contributed by atoms with Gasteiger partial charge in [0, 0.05) is 26.2 Å². The number of nitrogens with zero attached hydrogens (tertiary/aromatic N) is 2. The molecular formula is C17H19BrN2O4S2. The molecule has 1 aromatic carbocycles. The van der Waals surface area contributed by atoms with E-state index in [-0.39, 0.29) is 25.6 Å². The second-order valence-corrected chi connectivity index (χ2v) is 10.5. The molecule has 3 rings (SSSR count). The molecule has 0 N–H and O–H groups in total. The number of sulfonamides is 1. The molecule has 1 saturated heterocycles. The summed E-state index contributed by atoms with van der Waals surface area (Å²) in [5, 5.41) is 0. The lowest BCUT2D eigenvalue weighted by Crippen LogP contribution is -2.51. The summed E-state index contributed by atoms with van der Waals surface area (Å²) in [5.74, 6) is 0.550. The van der Waals surface area contributed by atoms with Gasteiger partial charge in [-0.25, -0.2) is 8.42 Å². The van der Waals surface area contributed by atoms with Gasteiger partial charge in [-0.3, -0.25) is 4.79 Å². The van der Waals surface area contributed by atoms with Gasteiger partial charge in [-0.2, -0.15) is 4.31 Å². The number of carbonyl (C=O) groups is 1. The molecule has 6 nitrogen and oxygen atoms in total. The molecule has 140 valence electrons. The zero-order valence-corrected chi connectivity index (χ0v) is 17.4. The van der Waals surface area contributed by atoms with Gasteiger partial charge < -0.3 is 9.64 Å². The molecule has 2 aromatic rings. The molecule has 1 amide bonds. The fourth-order valence-corrected chi connectivity index (χ4v) is 6.28. The average Bonchev–Trinajstić information content (AvgIpc) is 3.08. The molecule has 0 spiro atoms. The van der Waals surface area contributed by atoms with Gasteiger partial charge >= 0.3 is 0 Å². The summed E-state index contributed by atoms with van der Waals surface area (Å²) in [6.07, 6.45) is 0. The Morgan fingerprint density at radius 1 is 1.15 bits per heavy atom. The predicted molar refractivity (Wildman–Crippen MR) is 104 cm³/mol. The molecule has 1 fully saturated rings. The lowest BCUT2D eigenvalue weighted by atomic mass is 10.2. The van der Waals surface area contributed by atoms with Gasteiger partial charge in [-0.1, -0.05) is 18.2 Å². The molecule has 1 aliphatic heterocycles. The van der Waals surface area contributed by atoms with Crippen molar-refractivity contribution in [3.63, 3.8) is 0 Å². The minimum atomic E-state index is -3.50. The van der Waals surface area contributed by atoms with Crippen LogP contribution in [-0.4, -0.2) is 56.3 Å². The lowest BCUT2D eigenvalue weighted by Gasteiger charge is -2.33. The maximum Gasteiger partial charge on any atom is 0.260 e. The van der Waals surface area contributed by atoms with E-state index < -0.39 is 10.0 Å². The Morgan fingerprint density at radius 3 is 2.46 bits per heavy atom. The molecular weight excluding hydrogens is 440 g/mol. The molecule has 1 aromatic heterocycles. The fraction of sp³-hybridized carbons (Fsp3) is 0.353. The third kappa shape index (κ3) is 4.28. The number of thiophene rings is 1. The molecule has 0 unspecified atom stereocenters. The zero-order chi connectivity index (χ0) is 18.7. The molecule has 0 bridgehead atoms. The molecule has 0 saturated carbocycles. The minimum Gasteiger partial charge on any atom is -0.484 e. The van der Waals surface area contributed by atoms with E-state index in [0.717, 1.165) is 9.35 Å². The zero-order valence-electron chi connectivity index (χ0n) is 14.2. The van der Waals surface area contributed by atoms with Crippen molar-refractivity contribution in [1.82, 2.24) is 9.21 Å². The van der Waals surface area contributed by atoms with Crippen LogP contribution in [0.15, 0.2) is 44.4 Å². The summed E-state index contributed by atoms with van der Waals surface area (Å²) >= 11 is 4.48. The monoisotopic (exact) mass is 458 g/mol. The number of benzene rings is 1. The highest BCUT2D eigenvalue weighted by molar-refractivity contribution is 9.11. The van der Waals surface area contributed by atoms with E-state index in [2.05, 4.69) is 15.9 Å². The number of rotatable bonds is 5. The van der Waals surface area contributed by atoms with Crippen LogP contribution in [0.2, 0.25) is 0 Å². The number of amides is 1. The first-order valence-electron chi connectivity index (χ1n) is 8.09. The van der Waals surface area contributed by atoms with Crippen LogP contribution in [0.25, 0.3) is 0 Å². The Kier molecular flexibility index (Phi) is 6.01. The van der Waals surface area contributed by atoms with E-state index in [1.165, 1.54) is 15.6 Å². The van der Waals surface area contributed by atoms with Crippen LogP contribution in [0.5, 0.6) is 5.75 Å². The van der Waals surface area contributed by atoms with Crippen molar-refractivity contribution in [2.45, 2.75) is 11.1 Å². The maximum absolute atomic E-state index is 12.6. The summed E-state index contributed by atoms with van der Waals surface area (Å²) in [5.41, 5.74) is 0.971. The van der Waals surface area contributed by atoms with Crippen molar-refractivity contribution in [2.24, 2.45) is 0 Å². The Balaban J connectivity index is 1.55. The van der Waals surface area contributed by atoms with Crippen LogP contribution >= 0.6 is 27.3 Å². The first-order chi connectivity index (χ1) is 12.4. The van der Waals surface area contributed by atoms with Crippen LogP contribution < -0.4 is 4.74 Å². The smallest absolute Gasteiger partial charge is 0.260 e. The Bertz CT molecular complexity index is 890. The number of halogens is 1. The third-order valence-corrected chi connectivity index (χ3v) is 8.17. The largest absolute Gasteiger partial charge is 0.484 e. The Morgan fingerprint density at radius 2 is 1.85 bits per heavy atom. The highest BCUT2D eigenvalue weighted by Crippen LogP contribution is 2.29. The van der Waals surface area contributed by atoms with Crippen molar-refractivity contribution in [3.8, 4) is 5.75 Å². The van der Waals surface area contributed by atoms with Gasteiger partial charge in [0.05, 0.1) is 3.79 Å². The van der Waals surface area contributed by atoms with Crippen LogP contribution in [0, 0.1) is 6.92 Å². The standard InChI is InChI=1S/C17H19BrN2O4S2/c1-13-4-2-3-5-14(13)24-12-16(21)19-8-10-20(11-9-19)26(22,23)17-7-6-15(18)25-17/h2-7H,8-12H2,1H3. The number of ether oxygens (including phenoxy) is 1. The molecule has 2 heterocycles. The number of piperazine rings is 1. The quantitative estimate of drug-likeness (QED) is 0.690. The van der Waals surface area contributed by atoms with Crippen LogP contribution in [0.3, 0.4) is 0 Å². The van der Waals surface area contributed by atoms with E-state index >= 15 is 0 Å². The Labute approximate surface area is 165 Å². The van der Waals surface area contributed by atoms with Crippen LogP contribution in [0.4, 0.5) is 0 Å². The SMILES string of the molecule is Cc1ccccc1OCC(=O)N1CCN(S(=O)(=O)c2ccc(Br)s2)CC1. The number of hydrogen-bond acceptors (Lipinski definition) is 5. The van der Waals surface area contributed by atoms with Gasteiger partial charge in [0.15, 0.2) is 6.61 Å². The molecule has 26 heavy (non-hydrogen) atoms. The number of para-hydroxylation sites is 1. The van der Waals surface area contributed by atoms with E-state index in [1.807, 2.05) is 31.2 Å². The normalized spacial score (nSPS) is 15.8. The average molecular weight is 459 g/mol. The summed E-state index contributed by atoms with van der Waals surface area (Å²) in [6.45, 7) is 3.17. The highest BCUT2D eigenvalue weighted by atomic mass is 79.9. The van der Waals surface area contributed by atoms with E-state index in [4.69, 9.17) is 4.74 Å². The van der Waals surface area contributed by atoms with Crippen molar-refractivity contribution >= 4 is 43.2 Å². The summed E-state index contributed by atoms with van der Waals surface area (Å²) in [6, 6.07) is 10.8. The maximum atomic E-state index is 12.6. The van der Waals surface area contributed by atoms with Crippen molar-refractivity contribution in [3.05, 3.63) is 45.7 Å². The fourth-order valence-electron chi connectivity index (χ4n) is 2.69. The van der Waals surface area contributed by atoms with Crippen molar-refractivity contribution < 1.29 is 17.9 Å². The third-order valence-electron chi connectivity index (χ3n) is 4.18. The number of carbonyl (C=O) groups excluding carboxylic acids is 1. The van der Waals surface area contributed by atoms with E-state index in [1.54, 1.807) is 17.0 Å². The van der Waals surface area contributed by atoms with Crippen molar-refractivity contribution in [1.29, 1.82) is 0 Å². The summed E-state index contributed by atoms with van der Waals surface area (Å²) in [7, 11) is -3.50. The van der Waals surface area contributed by atoms with Gasteiger partial charge in [-0.15, -0.1) is 11.3 Å². The molecule has 0 atom stereocenters. The molecule has 0 radical (unpaired) electrons. The molecule has 1 aliphatic rings.